The van der Waals surface area contributed by atoms with E-state index in [9.17, 15) is 8.42 Å². The van der Waals surface area contributed by atoms with Gasteiger partial charge in [0.1, 0.15) is 4.90 Å². The number of nitrogens with two attached hydrogens (primary N) is 1. The highest BCUT2D eigenvalue weighted by molar-refractivity contribution is 7.89. The van der Waals surface area contributed by atoms with Crippen LogP contribution < -0.4 is 5.73 Å². The predicted octanol–water partition coefficient (Wildman–Crippen LogP) is 0.756. The number of sulfonamides is 1. The summed E-state index contributed by atoms with van der Waals surface area (Å²) >= 11 is 0. The molecule has 106 valence electrons. The van der Waals surface area contributed by atoms with E-state index in [1.54, 1.807) is 30.6 Å². The van der Waals surface area contributed by atoms with Crippen LogP contribution >= 0.6 is 0 Å². The van der Waals surface area contributed by atoms with E-state index in [0.717, 1.165) is 5.56 Å². The van der Waals surface area contributed by atoms with Gasteiger partial charge in [0.15, 0.2) is 0 Å². The van der Waals surface area contributed by atoms with E-state index in [0.29, 0.717) is 5.69 Å². The van der Waals surface area contributed by atoms with Crippen LogP contribution in [-0.4, -0.2) is 29.7 Å². The maximum absolute atomic E-state index is 12.5. The van der Waals surface area contributed by atoms with E-state index in [1.165, 1.54) is 23.6 Å². The molecule has 0 bridgehead atoms. The topological polar surface area (TPSA) is 89.2 Å². The van der Waals surface area contributed by atoms with E-state index in [2.05, 4.69) is 9.97 Å². The smallest absolute Gasteiger partial charge is 0.244 e. The molecule has 0 atom stereocenters. The maximum Gasteiger partial charge on any atom is 0.244 e. The minimum atomic E-state index is -3.61. The van der Waals surface area contributed by atoms with Crippen LogP contribution in [0.25, 0.3) is 0 Å². The van der Waals surface area contributed by atoms with Gasteiger partial charge in [-0.05, 0) is 29.8 Å². The Bertz CT molecular complexity index is 674. The Labute approximate surface area is 118 Å². The summed E-state index contributed by atoms with van der Waals surface area (Å²) < 4.78 is 26.3. The van der Waals surface area contributed by atoms with E-state index in [1.807, 2.05) is 0 Å². The average molecular weight is 292 g/mol. The zero-order valence-corrected chi connectivity index (χ0v) is 11.9. The molecule has 2 heterocycles. The van der Waals surface area contributed by atoms with Crippen LogP contribution in [0.3, 0.4) is 0 Å². The fourth-order valence-corrected chi connectivity index (χ4v) is 3.15. The normalized spacial score (nSPS) is 11.8. The first kappa shape index (κ1) is 14.6. The third kappa shape index (κ3) is 3.01. The van der Waals surface area contributed by atoms with Crippen molar-refractivity contribution in [2.75, 3.05) is 7.05 Å². The van der Waals surface area contributed by atoms with Gasteiger partial charge in [-0.25, -0.2) is 8.42 Å². The molecule has 0 saturated carbocycles. The van der Waals surface area contributed by atoms with Crippen LogP contribution in [0.5, 0.6) is 0 Å². The van der Waals surface area contributed by atoms with E-state index < -0.39 is 10.0 Å². The second-order valence-corrected chi connectivity index (χ2v) is 6.28. The van der Waals surface area contributed by atoms with Crippen molar-refractivity contribution in [3.8, 4) is 0 Å². The summed E-state index contributed by atoms with van der Waals surface area (Å²) in [7, 11) is -2.08. The Hall–Kier alpha value is -1.83. The maximum atomic E-state index is 12.5. The standard InChI is InChI=1S/C13H16N4O2S/c1-17(10-11-4-7-15-8-5-11)20(18,19)13-3-2-6-16-12(13)9-14/h2-8H,9-10,14H2,1H3. The van der Waals surface area contributed by atoms with Crippen molar-refractivity contribution in [3.05, 3.63) is 54.1 Å². The Morgan fingerprint density at radius 2 is 1.90 bits per heavy atom. The summed E-state index contributed by atoms with van der Waals surface area (Å²) in [6, 6.07) is 6.66. The van der Waals surface area contributed by atoms with Crippen LogP contribution in [-0.2, 0) is 23.1 Å². The van der Waals surface area contributed by atoms with Crippen molar-refractivity contribution in [1.29, 1.82) is 0 Å². The molecule has 7 heteroatoms. The van der Waals surface area contributed by atoms with Gasteiger partial charge in [-0.3, -0.25) is 9.97 Å². The summed E-state index contributed by atoms with van der Waals surface area (Å²) in [4.78, 5) is 8.07. The highest BCUT2D eigenvalue weighted by Crippen LogP contribution is 2.18. The molecular weight excluding hydrogens is 276 g/mol. The lowest BCUT2D eigenvalue weighted by Crippen LogP contribution is -2.28. The number of hydrogen-bond acceptors (Lipinski definition) is 5. The largest absolute Gasteiger partial charge is 0.325 e. The minimum absolute atomic E-state index is 0.0818. The first-order valence-corrected chi connectivity index (χ1v) is 7.49. The summed E-state index contributed by atoms with van der Waals surface area (Å²) in [5, 5.41) is 0. The zero-order valence-electron chi connectivity index (χ0n) is 11.1. The summed E-state index contributed by atoms with van der Waals surface area (Å²) in [5.74, 6) is 0. The molecule has 0 aromatic carbocycles. The van der Waals surface area contributed by atoms with Crippen LogP contribution in [0.2, 0.25) is 0 Å². The molecule has 0 aliphatic rings. The van der Waals surface area contributed by atoms with Gasteiger partial charge >= 0.3 is 0 Å². The Morgan fingerprint density at radius 3 is 2.55 bits per heavy atom. The molecule has 0 aliphatic carbocycles. The number of rotatable bonds is 5. The molecule has 0 aliphatic heterocycles. The molecule has 2 rings (SSSR count). The third-order valence-electron chi connectivity index (χ3n) is 2.88. The molecule has 6 nitrogen and oxygen atoms in total. The van der Waals surface area contributed by atoms with Crippen molar-refractivity contribution >= 4 is 10.0 Å². The first-order chi connectivity index (χ1) is 9.55. The van der Waals surface area contributed by atoms with Crippen molar-refractivity contribution in [2.45, 2.75) is 18.0 Å². The SMILES string of the molecule is CN(Cc1ccncc1)S(=O)(=O)c1cccnc1CN. The van der Waals surface area contributed by atoms with Crippen molar-refractivity contribution < 1.29 is 8.42 Å². The molecule has 0 saturated heterocycles. The molecule has 20 heavy (non-hydrogen) atoms. The summed E-state index contributed by atoms with van der Waals surface area (Å²) in [6.45, 7) is 0.349. The van der Waals surface area contributed by atoms with Gasteiger partial charge in [-0.1, -0.05) is 0 Å². The van der Waals surface area contributed by atoms with Gasteiger partial charge in [0, 0.05) is 38.7 Å². The number of hydrogen-bond donors (Lipinski definition) is 1. The second-order valence-electron chi connectivity index (χ2n) is 4.27. The fraction of sp³-hybridized carbons (Fsp3) is 0.231. The minimum Gasteiger partial charge on any atom is -0.325 e. The second kappa shape index (κ2) is 6.08. The number of pyridine rings is 2. The lowest BCUT2D eigenvalue weighted by molar-refractivity contribution is 0.465. The van der Waals surface area contributed by atoms with Gasteiger partial charge in [0.25, 0.3) is 0 Å². The van der Waals surface area contributed by atoms with Gasteiger partial charge in [0.2, 0.25) is 10.0 Å². The van der Waals surface area contributed by atoms with Crippen molar-refractivity contribution in [2.24, 2.45) is 5.73 Å². The molecule has 2 aromatic rings. The Balaban J connectivity index is 2.30. The molecular formula is C13H16N4O2S. The molecule has 0 radical (unpaired) electrons. The van der Waals surface area contributed by atoms with Crippen LogP contribution in [0.4, 0.5) is 0 Å². The fourth-order valence-electron chi connectivity index (χ4n) is 1.81. The Morgan fingerprint density at radius 1 is 1.20 bits per heavy atom. The quantitative estimate of drug-likeness (QED) is 0.878. The number of nitrogens with zero attached hydrogens (tertiary/aromatic N) is 3. The van der Waals surface area contributed by atoms with Crippen LogP contribution in [0.1, 0.15) is 11.3 Å². The summed E-state index contributed by atoms with van der Waals surface area (Å²) in [6.07, 6.45) is 4.79. The molecule has 2 aromatic heterocycles. The molecule has 0 fully saturated rings. The van der Waals surface area contributed by atoms with Gasteiger partial charge in [-0.2, -0.15) is 4.31 Å². The van der Waals surface area contributed by atoms with Gasteiger partial charge in [-0.15, -0.1) is 0 Å². The highest BCUT2D eigenvalue weighted by atomic mass is 32.2. The van der Waals surface area contributed by atoms with E-state index in [-0.39, 0.29) is 18.0 Å². The number of aromatic nitrogens is 2. The van der Waals surface area contributed by atoms with Crippen molar-refractivity contribution in [3.63, 3.8) is 0 Å². The highest BCUT2D eigenvalue weighted by Gasteiger charge is 2.24. The van der Waals surface area contributed by atoms with E-state index >= 15 is 0 Å². The first-order valence-electron chi connectivity index (χ1n) is 6.05. The molecule has 0 unspecified atom stereocenters. The van der Waals surface area contributed by atoms with Crippen LogP contribution in [0, 0.1) is 0 Å². The molecule has 0 amide bonds. The third-order valence-corrected chi connectivity index (χ3v) is 4.76. The van der Waals surface area contributed by atoms with Gasteiger partial charge in [0.05, 0.1) is 5.69 Å². The molecule has 0 spiro atoms. The van der Waals surface area contributed by atoms with Crippen LogP contribution in [0.15, 0.2) is 47.8 Å². The van der Waals surface area contributed by atoms with Crippen molar-refractivity contribution in [1.82, 2.24) is 14.3 Å². The van der Waals surface area contributed by atoms with E-state index in [4.69, 9.17) is 5.73 Å². The Kier molecular flexibility index (Phi) is 4.43. The monoisotopic (exact) mass is 292 g/mol. The molecule has 2 N–H and O–H groups in total. The lowest BCUT2D eigenvalue weighted by atomic mass is 10.3. The predicted molar refractivity (Wildman–Crippen MR) is 75.0 cm³/mol. The zero-order chi connectivity index (χ0) is 14.6. The average Bonchev–Trinajstić information content (AvgIpc) is 2.48. The lowest BCUT2D eigenvalue weighted by Gasteiger charge is -2.18. The van der Waals surface area contributed by atoms with Gasteiger partial charge < -0.3 is 5.73 Å². The summed E-state index contributed by atoms with van der Waals surface area (Å²) in [5.41, 5.74) is 6.78.